The molecule has 0 radical (unpaired) electrons. The van der Waals surface area contributed by atoms with Crippen LogP contribution in [0.3, 0.4) is 0 Å². The molecule has 2 aliphatic heterocycles. The number of rotatable bonds is 3. The van der Waals surface area contributed by atoms with Crippen molar-refractivity contribution >= 4 is 18.6 Å². The molecule has 7 heteroatoms. The summed E-state index contributed by atoms with van der Waals surface area (Å²) >= 11 is 0. The first-order valence-electron chi connectivity index (χ1n) is 7.40. The van der Waals surface area contributed by atoms with E-state index in [1.807, 2.05) is 27.7 Å². The van der Waals surface area contributed by atoms with E-state index in [2.05, 4.69) is 0 Å². The van der Waals surface area contributed by atoms with Crippen LogP contribution in [0.1, 0.15) is 49.9 Å². The number of carboxylic acids is 1. The lowest BCUT2D eigenvalue weighted by molar-refractivity contribution is -0.0240. The van der Waals surface area contributed by atoms with Crippen LogP contribution >= 0.6 is 0 Å². The van der Waals surface area contributed by atoms with Crippen molar-refractivity contribution in [2.24, 2.45) is 0 Å². The molecule has 0 atom stereocenters. The lowest BCUT2D eigenvalue weighted by Crippen LogP contribution is -2.41. The molecule has 6 nitrogen and oxygen atoms in total. The Morgan fingerprint density at radius 1 is 1.09 bits per heavy atom. The minimum absolute atomic E-state index is 0.152. The van der Waals surface area contributed by atoms with E-state index >= 15 is 0 Å². The SMILES string of the molecule is CC1(C)OB(c2ccc(C(=O)O)cc2C2OC=CO2)OC1(C)C. The number of hydrogen-bond donors (Lipinski definition) is 1. The smallest absolute Gasteiger partial charge is 0.478 e. The fraction of sp³-hybridized carbons (Fsp3) is 0.438. The minimum Gasteiger partial charge on any atom is -0.478 e. The zero-order chi connectivity index (χ0) is 16.8. The second-order valence-corrected chi connectivity index (χ2v) is 6.61. The van der Waals surface area contributed by atoms with Crippen LogP contribution in [0, 0.1) is 0 Å². The highest BCUT2D eigenvalue weighted by atomic mass is 16.7. The standard InChI is InChI=1S/C16H19BO6/c1-15(2)16(3,4)23-17(22-15)12-6-5-10(13(18)19)9-11(12)14-20-7-8-21-14/h5-9,14H,1-4H3,(H,18,19). The number of benzene rings is 1. The average molecular weight is 318 g/mol. The second kappa shape index (κ2) is 5.28. The van der Waals surface area contributed by atoms with Crippen LogP contribution in [0.15, 0.2) is 30.7 Å². The quantitative estimate of drug-likeness (QED) is 0.861. The molecule has 1 aromatic carbocycles. The molecule has 23 heavy (non-hydrogen) atoms. The molecule has 2 aliphatic rings. The number of carbonyl (C=O) groups is 1. The molecule has 0 amide bonds. The lowest BCUT2D eigenvalue weighted by Gasteiger charge is -2.32. The van der Waals surface area contributed by atoms with Gasteiger partial charge in [0.2, 0.25) is 0 Å². The van der Waals surface area contributed by atoms with Crippen LogP contribution in [0.5, 0.6) is 0 Å². The van der Waals surface area contributed by atoms with Crippen molar-refractivity contribution in [1.82, 2.24) is 0 Å². The average Bonchev–Trinajstić information content (AvgIpc) is 3.05. The molecule has 0 saturated carbocycles. The molecule has 2 heterocycles. The summed E-state index contributed by atoms with van der Waals surface area (Å²) in [6, 6.07) is 4.74. The Morgan fingerprint density at radius 2 is 1.65 bits per heavy atom. The summed E-state index contributed by atoms with van der Waals surface area (Å²) in [6.45, 7) is 7.84. The molecular formula is C16H19BO6. The summed E-state index contributed by atoms with van der Waals surface area (Å²) < 4.78 is 22.8. The van der Waals surface area contributed by atoms with Crippen LogP contribution in [0.25, 0.3) is 0 Å². The van der Waals surface area contributed by atoms with Gasteiger partial charge in [0.05, 0.1) is 16.8 Å². The molecule has 3 rings (SSSR count). The van der Waals surface area contributed by atoms with Gasteiger partial charge in [-0.2, -0.15) is 0 Å². The van der Waals surface area contributed by atoms with E-state index in [0.717, 1.165) is 0 Å². The third kappa shape index (κ3) is 2.70. The van der Waals surface area contributed by atoms with E-state index in [-0.39, 0.29) is 5.56 Å². The highest BCUT2D eigenvalue weighted by Crippen LogP contribution is 2.37. The van der Waals surface area contributed by atoms with Crippen molar-refractivity contribution in [2.45, 2.75) is 45.2 Å². The van der Waals surface area contributed by atoms with Crippen LogP contribution in [-0.2, 0) is 18.8 Å². The first kappa shape index (κ1) is 15.9. The number of ether oxygens (including phenoxy) is 2. The molecule has 1 N–H and O–H groups in total. The molecule has 1 fully saturated rings. The number of carboxylic acid groups (broad SMARTS) is 1. The van der Waals surface area contributed by atoms with Crippen molar-refractivity contribution in [3.8, 4) is 0 Å². The summed E-state index contributed by atoms with van der Waals surface area (Å²) in [4.78, 5) is 11.2. The zero-order valence-electron chi connectivity index (χ0n) is 13.5. The van der Waals surface area contributed by atoms with E-state index in [1.165, 1.54) is 24.7 Å². The summed E-state index contributed by atoms with van der Waals surface area (Å²) in [5.41, 5.74) is 0.446. The van der Waals surface area contributed by atoms with Crippen LogP contribution in [0.2, 0.25) is 0 Å². The van der Waals surface area contributed by atoms with Gasteiger partial charge in [0, 0.05) is 5.56 Å². The third-order valence-electron chi connectivity index (χ3n) is 4.55. The number of hydrogen-bond acceptors (Lipinski definition) is 5. The van der Waals surface area contributed by atoms with Gasteiger partial charge in [-0.15, -0.1) is 0 Å². The highest BCUT2D eigenvalue weighted by Gasteiger charge is 2.52. The van der Waals surface area contributed by atoms with Crippen molar-refractivity contribution in [2.75, 3.05) is 0 Å². The normalized spacial score (nSPS) is 22.0. The predicted molar refractivity (Wildman–Crippen MR) is 83.2 cm³/mol. The maximum absolute atomic E-state index is 11.2. The van der Waals surface area contributed by atoms with Crippen LogP contribution in [-0.4, -0.2) is 29.4 Å². The van der Waals surface area contributed by atoms with Crippen LogP contribution < -0.4 is 5.46 Å². The van der Waals surface area contributed by atoms with Crippen LogP contribution in [0.4, 0.5) is 0 Å². The topological polar surface area (TPSA) is 74.2 Å². The molecular weight excluding hydrogens is 299 g/mol. The molecule has 0 bridgehead atoms. The summed E-state index contributed by atoms with van der Waals surface area (Å²) in [5, 5.41) is 9.21. The first-order chi connectivity index (χ1) is 10.7. The summed E-state index contributed by atoms with van der Waals surface area (Å²) in [6.07, 6.45) is 2.14. The highest BCUT2D eigenvalue weighted by molar-refractivity contribution is 6.62. The summed E-state index contributed by atoms with van der Waals surface area (Å²) in [7, 11) is -0.620. The van der Waals surface area contributed by atoms with E-state index in [1.54, 1.807) is 6.07 Å². The Kier molecular flexibility index (Phi) is 3.65. The molecule has 0 unspecified atom stereocenters. The van der Waals surface area contributed by atoms with Gasteiger partial charge in [0.1, 0.15) is 12.5 Å². The maximum Gasteiger partial charge on any atom is 0.495 e. The fourth-order valence-corrected chi connectivity index (χ4v) is 2.48. The molecule has 1 aromatic rings. The third-order valence-corrected chi connectivity index (χ3v) is 4.55. The molecule has 0 aromatic heterocycles. The maximum atomic E-state index is 11.2. The molecule has 122 valence electrons. The van der Waals surface area contributed by atoms with Crippen molar-refractivity contribution < 1.29 is 28.7 Å². The lowest BCUT2D eigenvalue weighted by atomic mass is 9.75. The van der Waals surface area contributed by atoms with Gasteiger partial charge in [-0.25, -0.2) is 4.79 Å². The van der Waals surface area contributed by atoms with Gasteiger partial charge in [-0.3, -0.25) is 0 Å². The van der Waals surface area contributed by atoms with E-state index in [9.17, 15) is 9.90 Å². The Balaban J connectivity index is 2.00. The predicted octanol–water partition coefficient (Wildman–Crippen LogP) is 2.20. The van der Waals surface area contributed by atoms with Gasteiger partial charge in [0.25, 0.3) is 6.29 Å². The van der Waals surface area contributed by atoms with Crippen molar-refractivity contribution in [3.63, 3.8) is 0 Å². The van der Waals surface area contributed by atoms with Gasteiger partial charge < -0.3 is 23.9 Å². The second-order valence-electron chi connectivity index (χ2n) is 6.61. The monoisotopic (exact) mass is 318 g/mol. The Morgan fingerprint density at radius 3 is 2.17 bits per heavy atom. The van der Waals surface area contributed by atoms with Gasteiger partial charge in [0.15, 0.2) is 0 Å². The van der Waals surface area contributed by atoms with E-state index in [4.69, 9.17) is 18.8 Å². The Labute approximate surface area is 135 Å². The Hall–Kier alpha value is -1.99. The minimum atomic E-state index is -1.02. The van der Waals surface area contributed by atoms with E-state index in [0.29, 0.717) is 11.0 Å². The largest absolute Gasteiger partial charge is 0.495 e. The molecule has 0 spiro atoms. The first-order valence-corrected chi connectivity index (χ1v) is 7.40. The molecule has 1 saturated heterocycles. The Bertz CT molecular complexity index is 643. The summed E-state index contributed by atoms with van der Waals surface area (Å²) in [5.74, 6) is -1.02. The number of aromatic carboxylic acids is 1. The van der Waals surface area contributed by atoms with E-state index < -0.39 is 30.6 Å². The van der Waals surface area contributed by atoms with Crippen molar-refractivity contribution in [3.05, 3.63) is 41.9 Å². The van der Waals surface area contributed by atoms with Crippen molar-refractivity contribution in [1.29, 1.82) is 0 Å². The zero-order valence-corrected chi connectivity index (χ0v) is 13.5. The van der Waals surface area contributed by atoms with Gasteiger partial charge >= 0.3 is 13.1 Å². The fourth-order valence-electron chi connectivity index (χ4n) is 2.48. The molecule has 0 aliphatic carbocycles. The van der Waals surface area contributed by atoms with Gasteiger partial charge in [-0.1, -0.05) is 6.07 Å². The van der Waals surface area contributed by atoms with Gasteiger partial charge in [-0.05, 0) is 45.3 Å².